The highest BCUT2D eigenvalue weighted by molar-refractivity contribution is 7.89. The highest BCUT2D eigenvalue weighted by Gasteiger charge is 2.18. The smallest absolute Gasteiger partial charge is 0.257 e. The molecule has 3 rings (SSSR count). The molecule has 31 heavy (non-hydrogen) atoms. The van der Waals surface area contributed by atoms with Crippen LogP contribution in [-0.2, 0) is 10.0 Å². The summed E-state index contributed by atoms with van der Waals surface area (Å²) in [6.07, 6.45) is 1.42. The van der Waals surface area contributed by atoms with Crippen LogP contribution in [0.2, 0.25) is 0 Å². The zero-order valence-corrected chi connectivity index (χ0v) is 18.3. The topological polar surface area (TPSA) is 127 Å². The average molecular weight is 446 g/mol. The number of nitrogens with zero attached hydrogens (tertiary/aromatic N) is 3. The molecule has 10 nitrogen and oxygen atoms in total. The van der Waals surface area contributed by atoms with Gasteiger partial charge in [-0.25, -0.2) is 12.7 Å². The van der Waals surface area contributed by atoms with Crippen LogP contribution < -0.4 is 14.8 Å². The molecule has 0 atom stereocenters. The fraction of sp³-hybridized carbons (Fsp3) is 0.250. The van der Waals surface area contributed by atoms with Gasteiger partial charge in [-0.05, 0) is 38.1 Å². The molecule has 0 aliphatic heterocycles. The van der Waals surface area contributed by atoms with Crippen LogP contribution in [0.1, 0.15) is 24.2 Å². The number of rotatable bonds is 8. The van der Waals surface area contributed by atoms with E-state index in [4.69, 9.17) is 9.47 Å². The van der Waals surface area contributed by atoms with Crippen LogP contribution in [0.5, 0.6) is 17.5 Å². The number of hydrogen-bond acceptors (Lipinski definition) is 7. The maximum Gasteiger partial charge on any atom is 0.257 e. The summed E-state index contributed by atoms with van der Waals surface area (Å²) in [6.45, 7) is 3.67. The molecule has 1 aromatic carbocycles. The zero-order chi connectivity index (χ0) is 22.6. The zero-order valence-electron chi connectivity index (χ0n) is 17.5. The third-order valence-electron chi connectivity index (χ3n) is 3.96. The van der Waals surface area contributed by atoms with Crippen LogP contribution in [0.15, 0.2) is 53.6 Å². The van der Waals surface area contributed by atoms with E-state index in [0.29, 0.717) is 11.6 Å². The Kier molecular flexibility index (Phi) is 6.56. The summed E-state index contributed by atoms with van der Waals surface area (Å²) in [5, 5.41) is 9.17. The molecule has 0 aliphatic rings. The van der Waals surface area contributed by atoms with Gasteiger partial charge in [-0.15, -0.1) is 0 Å². The van der Waals surface area contributed by atoms with Crippen molar-refractivity contribution >= 4 is 21.7 Å². The molecular weight excluding hydrogens is 422 g/mol. The van der Waals surface area contributed by atoms with Gasteiger partial charge >= 0.3 is 0 Å². The van der Waals surface area contributed by atoms with E-state index in [1.807, 2.05) is 13.8 Å². The first-order chi connectivity index (χ1) is 14.6. The Morgan fingerprint density at radius 2 is 1.77 bits per heavy atom. The molecule has 164 valence electrons. The quantitative estimate of drug-likeness (QED) is 0.546. The SMILES string of the molecule is CC(C)Oc1cc(C(=O)Nc2cc[nH]n2)cc(Oc2ccc(S(=O)(=O)N(C)C)cc2)n1. The molecule has 0 radical (unpaired) electrons. The summed E-state index contributed by atoms with van der Waals surface area (Å²) in [6, 6.07) is 10.5. The Balaban J connectivity index is 1.86. The minimum absolute atomic E-state index is 0.119. The maximum atomic E-state index is 12.6. The number of ether oxygens (including phenoxy) is 2. The Morgan fingerprint density at radius 3 is 2.35 bits per heavy atom. The van der Waals surface area contributed by atoms with Gasteiger partial charge < -0.3 is 14.8 Å². The molecule has 1 amide bonds. The molecule has 2 heterocycles. The van der Waals surface area contributed by atoms with E-state index in [-0.39, 0.29) is 28.3 Å². The number of anilines is 1. The van der Waals surface area contributed by atoms with Crippen molar-refractivity contribution in [2.75, 3.05) is 19.4 Å². The van der Waals surface area contributed by atoms with Gasteiger partial charge in [0.2, 0.25) is 21.8 Å². The van der Waals surface area contributed by atoms with E-state index < -0.39 is 15.9 Å². The number of carbonyl (C=O) groups excluding carboxylic acids is 1. The second kappa shape index (κ2) is 9.14. The second-order valence-corrected chi connectivity index (χ2v) is 9.13. The molecule has 0 bridgehead atoms. The van der Waals surface area contributed by atoms with Crippen molar-refractivity contribution in [3.05, 3.63) is 54.2 Å². The van der Waals surface area contributed by atoms with Gasteiger partial charge in [-0.1, -0.05) is 0 Å². The minimum atomic E-state index is -3.55. The van der Waals surface area contributed by atoms with Crippen LogP contribution in [0.25, 0.3) is 0 Å². The second-order valence-electron chi connectivity index (χ2n) is 6.97. The largest absolute Gasteiger partial charge is 0.475 e. The number of H-pyrrole nitrogens is 1. The van der Waals surface area contributed by atoms with E-state index >= 15 is 0 Å². The number of hydrogen-bond donors (Lipinski definition) is 2. The highest BCUT2D eigenvalue weighted by atomic mass is 32.2. The highest BCUT2D eigenvalue weighted by Crippen LogP contribution is 2.26. The first-order valence-electron chi connectivity index (χ1n) is 9.35. The Labute approximate surface area is 180 Å². The van der Waals surface area contributed by atoms with Gasteiger partial charge in [0.15, 0.2) is 5.82 Å². The number of carbonyl (C=O) groups is 1. The lowest BCUT2D eigenvalue weighted by molar-refractivity contribution is 0.102. The van der Waals surface area contributed by atoms with Crippen molar-refractivity contribution < 1.29 is 22.7 Å². The van der Waals surface area contributed by atoms with Gasteiger partial charge in [0, 0.05) is 38.5 Å². The molecule has 2 N–H and O–H groups in total. The molecule has 0 unspecified atom stereocenters. The fourth-order valence-corrected chi connectivity index (χ4v) is 3.40. The molecule has 0 aliphatic carbocycles. The maximum absolute atomic E-state index is 12.6. The number of aromatic amines is 1. The Bertz CT molecular complexity index is 1140. The third-order valence-corrected chi connectivity index (χ3v) is 5.79. The normalized spacial score (nSPS) is 11.5. The van der Waals surface area contributed by atoms with Gasteiger partial charge in [0.05, 0.1) is 16.6 Å². The molecule has 11 heteroatoms. The standard InChI is InChI=1S/C20H23N5O5S/c1-13(2)29-18-11-14(20(26)22-17-9-10-21-24-17)12-19(23-18)30-15-5-7-16(8-6-15)31(27,28)25(3)4/h5-13H,1-4H3,(H2,21,22,24,26). The summed E-state index contributed by atoms with van der Waals surface area (Å²) in [5.74, 6) is 0.638. The molecule has 0 saturated carbocycles. The minimum Gasteiger partial charge on any atom is -0.475 e. The summed E-state index contributed by atoms with van der Waals surface area (Å²) in [7, 11) is -0.633. The van der Waals surface area contributed by atoms with Crippen LogP contribution in [0.3, 0.4) is 0 Å². The molecule has 2 aromatic heterocycles. The lowest BCUT2D eigenvalue weighted by Gasteiger charge is -2.14. The van der Waals surface area contributed by atoms with Gasteiger partial charge in [-0.3, -0.25) is 9.89 Å². The summed E-state index contributed by atoms with van der Waals surface area (Å²) < 4.78 is 36.9. The van der Waals surface area contributed by atoms with E-state index in [1.54, 1.807) is 12.3 Å². The van der Waals surface area contributed by atoms with Crippen LogP contribution in [-0.4, -0.2) is 54.0 Å². The Hall–Kier alpha value is -3.44. The van der Waals surface area contributed by atoms with Gasteiger partial charge in [-0.2, -0.15) is 10.1 Å². The van der Waals surface area contributed by atoms with E-state index in [1.165, 1.54) is 50.5 Å². The van der Waals surface area contributed by atoms with Crippen LogP contribution >= 0.6 is 0 Å². The van der Waals surface area contributed by atoms with Gasteiger partial charge in [0.1, 0.15) is 5.75 Å². The average Bonchev–Trinajstić information content (AvgIpc) is 3.20. The number of amides is 1. The van der Waals surface area contributed by atoms with E-state index in [9.17, 15) is 13.2 Å². The van der Waals surface area contributed by atoms with Crippen molar-refractivity contribution in [3.8, 4) is 17.5 Å². The number of sulfonamides is 1. The van der Waals surface area contributed by atoms with Crippen LogP contribution in [0, 0.1) is 0 Å². The third kappa shape index (κ3) is 5.58. The van der Waals surface area contributed by atoms with Crippen molar-refractivity contribution in [2.24, 2.45) is 0 Å². The predicted molar refractivity (Wildman–Crippen MR) is 114 cm³/mol. The van der Waals surface area contributed by atoms with Crippen molar-refractivity contribution in [1.82, 2.24) is 19.5 Å². The predicted octanol–water partition coefficient (Wildman–Crippen LogP) is 2.89. The lowest BCUT2D eigenvalue weighted by Crippen LogP contribution is -2.22. The van der Waals surface area contributed by atoms with E-state index in [0.717, 1.165) is 4.31 Å². The Morgan fingerprint density at radius 1 is 1.10 bits per heavy atom. The molecule has 0 saturated heterocycles. The first kappa shape index (κ1) is 22.2. The molecule has 0 spiro atoms. The van der Waals surface area contributed by atoms with Crippen molar-refractivity contribution in [3.63, 3.8) is 0 Å². The molecule has 0 fully saturated rings. The molecule has 3 aromatic rings. The van der Waals surface area contributed by atoms with Gasteiger partial charge in [0.25, 0.3) is 5.91 Å². The summed E-state index contributed by atoms with van der Waals surface area (Å²) >= 11 is 0. The monoisotopic (exact) mass is 445 g/mol. The van der Waals surface area contributed by atoms with Crippen LogP contribution in [0.4, 0.5) is 5.82 Å². The van der Waals surface area contributed by atoms with Crippen molar-refractivity contribution in [1.29, 1.82) is 0 Å². The number of nitrogens with one attached hydrogen (secondary N) is 2. The molecular formula is C20H23N5O5S. The number of benzene rings is 1. The van der Waals surface area contributed by atoms with E-state index in [2.05, 4.69) is 20.5 Å². The fourth-order valence-electron chi connectivity index (χ4n) is 2.50. The summed E-state index contributed by atoms with van der Waals surface area (Å²) in [4.78, 5) is 17.0. The number of aromatic nitrogens is 3. The lowest BCUT2D eigenvalue weighted by atomic mass is 10.2. The number of pyridine rings is 1. The van der Waals surface area contributed by atoms with Crippen molar-refractivity contribution in [2.45, 2.75) is 24.8 Å². The summed E-state index contributed by atoms with van der Waals surface area (Å²) in [5.41, 5.74) is 0.260. The first-order valence-corrected chi connectivity index (χ1v) is 10.8.